The molecule has 2 heterocycles. The van der Waals surface area contributed by atoms with Crippen LogP contribution in [0.15, 0.2) is 52.3 Å². The van der Waals surface area contributed by atoms with Crippen LogP contribution in [0.2, 0.25) is 0 Å². The minimum Gasteiger partial charge on any atom is -0.265 e. The molecule has 1 atom stereocenters. The van der Waals surface area contributed by atoms with Crippen molar-refractivity contribution in [2.24, 2.45) is 0 Å². The number of pyridine rings is 1. The molecule has 0 bridgehead atoms. The molecule has 0 fully saturated rings. The van der Waals surface area contributed by atoms with Gasteiger partial charge < -0.3 is 0 Å². The van der Waals surface area contributed by atoms with Crippen molar-refractivity contribution >= 4 is 21.1 Å². The van der Waals surface area contributed by atoms with Crippen molar-refractivity contribution in [3.05, 3.63) is 48.3 Å². The highest BCUT2D eigenvalue weighted by Gasteiger charge is 2.22. The molecule has 0 saturated carbocycles. The van der Waals surface area contributed by atoms with Gasteiger partial charge in [-0.25, -0.2) is 17.8 Å². The van der Waals surface area contributed by atoms with Crippen molar-refractivity contribution in [3.63, 3.8) is 0 Å². The number of hydrogen-bond donors (Lipinski definition) is 1. The summed E-state index contributed by atoms with van der Waals surface area (Å²) in [4.78, 5) is 3.95. The number of sulfonamides is 1. The van der Waals surface area contributed by atoms with Gasteiger partial charge in [-0.15, -0.1) is 0 Å². The van der Waals surface area contributed by atoms with E-state index in [1.807, 2.05) is 0 Å². The zero-order chi connectivity index (χ0) is 14.9. The Bertz CT molecular complexity index is 861. The average molecular weight is 304 g/mol. The van der Waals surface area contributed by atoms with Crippen LogP contribution in [-0.4, -0.2) is 23.7 Å². The molecule has 0 radical (unpaired) electrons. The Labute approximate surface area is 121 Å². The molecule has 3 rings (SSSR count). The molecular formula is C13H12N4O3S. The molecule has 1 aromatic carbocycles. The second-order valence-electron chi connectivity index (χ2n) is 4.51. The molecule has 8 heteroatoms. The minimum atomic E-state index is -3.74. The molecule has 2 aromatic heterocycles. The number of nitrogens with zero attached hydrogens (tertiary/aromatic N) is 3. The van der Waals surface area contributed by atoms with Crippen LogP contribution >= 0.6 is 0 Å². The molecule has 0 saturated heterocycles. The zero-order valence-electron chi connectivity index (χ0n) is 11.1. The van der Waals surface area contributed by atoms with E-state index in [1.165, 1.54) is 6.07 Å². The van der Waals surface area contributed by atoms with Crippen molar-refractivity contribution in [2.45, 2.75) is 17.9 Å². The Morgan fingerprint density at radius 1 is 1.14 bits per heavy atom. The third-order valence-electron chi connectivity index (χ3n) is 3.08. The van der Waals surface area contributed by atoms with Crippen molar-refractivity contribution < 1.29 is 13.0 Å². The smallest absolute Gasteiger partial charge is 0.243 e. The number of aromatic nitrogens is 3. The molecule has 0 unspecified atom stereocenters. The van der Waals surface area contributed by atoms with Crippen molar-refractivity contribution in [1.29, 1.82) is 0 Å². The molecule has 21 heavy (non-hydrogen) atoms. The van der Waals surface area contributed by atoms with Gasteiger partial charge >= 0.3 is 0 Å². The number of nitrogens with one attached hydrogen (secondary N) is 1. The summed E-state index contributed by atoms with van der Waals surface area (Å²) in [6.45, 7) is 1.76. The van der Waals surface area contributed by atoms with Crippen LogP contribution in [0.5, 0.6) is 0 Å². The maximum absolute atomic E-state index is 12.5. The van der Waals surface area contributed by atoms with Gasteiger partial charge in [-0.1, -0.05) is 6.07 Å². The first-order chi connectivity index (χ1) is 10.1. The van der Waals surface area contributed by atoms with Crippen molar-refractivity contribution in [2.75, 3.05) is 0 Å². The first-order valence-corrected chi connectivity index (χ1v) is 7.70. The van der Waals surface area contributed by atoms with E-state index >= 15 is 0 Å². The SMILES string of the molecule is C[C@@H](NS(=O)(=O)c1cccc2nonc12)c1ccncc1. The maximum Gasteiger partial charge on any atom is 0.243 e. The predicted molar refractivity (Wildman–Crippen MR) is 74.8 cm³/mol. The molecule has 108 valence electrons. The summed E-state index contributed by atoms with van der Waals surface area (Å²) in [6, 6.07) is 7.81. The zero-order valence-corrected chi connectivity index (χ0v) is 11.9. The average Bonchev–Trinajstić information content (AvgIpc) is 2.95. The van der Waals surface area contributed by atoms with E-state index in [0.29, 0.717) is 5.52 Å². The van der Waals surface area contributed by atoms with Crippen LogP contribution in [0, 0.1) is 0 Å². The quantitative estimate of drug-likeness (QED) is 0.787. The molecule has 0 aliphatic heterocycles. The fourth-order valence-electron chi connectivity index (χ4n) is 2.01. The standard InChI is InChI=1S/C13H12N4O3S/c1-9(10-5-7-14-8-6-10)17-21(18,19)12-4-2-3-11-13(12)16-20-15-11/h2-9,17H,1H3/t9-/m1/s1. The Kier molecular flexibility index (Phi) is 3.40. The minimum absolute atomic E-state index is 0.0437. The van der Waals surface area contributed by atoms with E-state index in [0.717, 1.165) is 5.56 Å². The summed E-state index contributed by atoms with van der Waals surface area (Å²) in [5.41, 5.74) is 1.43. The first-order valence-electron chi connectivity index (χ1n) is 6.21. The second-order valence-corrected chi connectivity index (χ2v) is 6.19. The number of fused-ring (bicyclic) bond motifs is 1. The van der Waals surface area contributed by atoms with Crippen LogP contribution in [0.3, 0.4) is 0 Å². The largest absolute Gasteiger partial charge is 0.265 e. The Morgan fingerprint density at radius 2 is 1.90 bits per heavy atom. The summed E-state index contributed by atoms with van der Waals surface area (Å²) >= 11 is 0. The Hall–Kier alpha value is -2.32. The molecule has 3 aromatic rings. The Morgan fingerprint density at radius 3 is 2.67 bits per heavy atom. The number of hydrogen-bond acceptors (Lipinski definition) is 6. The van der Waals surface area contributed by atoms with Gasteiger partial charge in [0.1, 0.15) is 10.4 Å². The molecule has 0 aliphatic carbocycles. The van der Waals surface area contributed by atoms with Gasteiger partial charge in [0.05, 0.1) is 0 Å². The van der Waals surface area contributed by atoms with Gasteiger partial charge in [-0.05, 0) is 47.1 Å². The molecule has 7 nitrogen and oxygen atoms in total. The highest BCUT2D eigenvalue weighted by Crippen LogP contribution is 2.22. The fraction of sp³-hybridized carbons (Fsp3) is 0.154. The van der Waals surface area contributed by atoms with E-state index in [1.54, 1.807) is 43.6 Å². The lowest BCUT2D eigenvalue weighted by atomic mass is 10.1. The van der Waals surface area contributed by atoms with Crippen LogP contribution in [0.4, 0.5) is 0 Å². The number of benzene rings is 1. The lowest BCUT2D eigenvalue weighted by molar-refractivity contribution is 0.315. The van der Waals surface area contributed by atoms with E-state index in [9.17, 15) is 8.42 Å². The molecule has 0 amide bonds. The fourth-order valence-corrected chi connectivity index (χ4v) is 3.40. The lowest BCUT2D eigenvalue weighted by Gasteiger charge is -2.14. The Balaban J connectivity index is 1.96. The van der Waals surface area contributed by atoms with E-state index in [4.69, 9.17) is 0 Å². The topological polar surface area (TPSA) is 98.0 Å². The summed E-state index contributed by atoms with van der Waals surface area (Å²) in [6.07, 6.45) is 3.23. The van der Waals surface area contributed by atoms with Crippen molar-refractivity contribution in [1.82, 2.24) is 20.0 Å². The van der Waals surface area contributed by atoms with Gasteiger partial charge in [0.25, 0.3) is 0 Å². The highest BCUT2D eigenvalue weighted by molar-refractivity contribution is 7.89. The molecule has 1 N–H and O–H groups in total. The third kappa shape index (κ3) is 2.63. The van der Waals surface area contributed by atoms with Crippen LogP contribution in [-0.2, 0) is 10.0 Å². The second kappa shape index (κ2) is 5.23. The summed E-state index contributed by atoms with van der Waals surface area (Å²) in [7, 11) is -3.74. The van der Waals surface area contributed by atoms with Gasteiger partial charge in [0.2, 0.25) is 10.0 Å². The van der Waals surface area contributed by atoms with Crippen LogP contribution in [0.1, 0.15) is 18.5 Å². The first kappa shape index (κ1) is 13.7. The summed E-state index contributed by atoms with van der Waals surface area (Å²) < 4.78 is 32.2. The summed E-state index contributed by atoms with van der Waals surface area (Å²) in [5.74, 6) is 0. The van der Waals surface area contributed by atoms with Gasteiger partial charge in [0, 0.05) is 18.4 Å². The van der Waals surface area contributed by atoms with Crippen LogP contribution < -0.4 is 4.72 Å². The monoisotopic (exact) mass is 304 g/mol. The van der Waals surface area contributed by atoms with Gasteiger partial charge in [-0.2, -0.15) is 0 Å². The lowest BCUT2D eigenvalue weighted by Crippen LogP contribution is -2.27. The molecule has 0 spiro atoms. The third-order valence-corrected chi connectivity index (χ3v) is 4.65. The van der Waals surface area contributed by atoms with E-state index in [2.05, 4.69) is 24.6 Å². The molecule has 0 aliphatic rings. The predicted octanol–water partition coefficient (Wildman–Crippen LogP) is 1.66. The number of rotatable bonds is 4. The van der Waals surface area contributed by atoms with Gasteiger partial charge in [0.15, 0.2) is 5.52 Å². The maximum atomic E-state index is 12.5. The summed E-state index contributed by atoms with van der Waals surface area (Å²) in [5, 5.41) is 7.29. The van der Waals surface area contributed by atoms with Gasteiger partial charge in [-0.3, -0.25) is 4.98 Å². The van der Waals surface area contributed by atoms with Crippen LogP contribution in [0.25, 0.3) is 11.0 Å². The molecular weight excluding hydrogens is 292 g/mol. The van der Waals surface area contributed by atoms with E-state index in [-0.39, 0.29) is 10.4 Å². The highest BCUT2D eigenvalue weighted by atomic mass is 32.2. The van der Waals surface area contributed by atoms with Crippen molar-refractivity contribution in [3.8, 4) is 0 Å². The normalized spacial score (nSPS) is 13.4. The van der Waals surface area contributed by atoms with E-state index < -0.39 is 16.1 Å².